The van der Waals surface area contributed by atoms with Gasteiger partial charge in [-0.1, -0.05) is 0 Å². The van der Waals surface area contributed by atoms with Crippen LogP contribution in [0.25, 0.3) is 11.4 Å². The molecule has 0 aliphatic heterocycles. The lowest BCUT2D eigenvalue weighted by Gasteiger charge is -2.06. The normalized spacial score (nSPS) is 11.8. The molecule has 0 bridgehead atoms. The summed E-state index contributed by atoms with van der Waals surface area (Å²) in [4.78, 5) is 0. The maximum atomic E-state index is 12.5. The number of nitrogens with zero attached hydrogens (tertiary/aromatic N) is 3. The third-order valence-electron chi connectivity index (χ3n) is 2.25. The molecule has 0 aliphatic carbocycles. The zero-order valence-corrected chi connectivity index (χ0v) is 8.73. The second kappa shape index (κ2) is 3.76. The van der Waals surface area contributed by atoms with E-state index >= 15 is 0 Å². The average Bonchev–Trinajstić information content (AvgIpc) is 2.61. The molecule has 1 aromatic heterocycles. The fraction of sp³-hybridized carbons (Fsp3) is 0.200. The van der Waals surface area contributed by atoms with Crippen LogP contribution in [0, 0.1) is 0 Å². The molecule has 0 fully saturated rings. The van der Waals surface area contributed by atoms with Crippen molar-refractivity contribution in [1.29, 1.82) is 0 Å². The summed E-state index contributed by atoms with van der Waals surface area (Å²) in [5.41, 5.74) is 0.452. The second-order valence-electron chi connectivity index (χ2n) is 3.45. The van der Waals surface area contributed by atoms with Crippen LogP contribution in [0.5, 0.6) is 5.75 Å². The van der Waals surface area contributed by atoms with Crippen LogP contribution in [0.3, 0.4) is 0 Å². The molecule has 1 aromatic carbocycles. The molecule has 1 N–H and O–H groups in total. The first kappa shape index (κ1) is 11.4. The van der Waals surface area contributed by atoms with Gasteiger partial charge >= 0.3 is 6.18 Å². The number of phenols is 1. The fourth-order valence-corrected chi connectivity index (χ4v) is 1.44. The first-order valence-corrected chi connectivity index (χ1v) is 4.65. The SMILES string of the molecule is Cn1c(-c2ccc(O)cc2)nnc1C(F)(F)F. The van der Waals surface area contributed by atoms with Crippen LogP contribution >= 0.6 is 0 Å². The first-order valence-electron chi connectivity index (χ1n) is 4.65. The molecule has 0 saturated carbocycles. The highest BCUT2D eigenvalue weighted by Gasteiger charge is 2.37. The summed E-state index contributed by atoms with van der Waals surface area (Å²) in [6.45, 7) is 0. The number of hydrogen-bond acceptors (Lipinski definition) is 3. The Morgan fingerprint density at radius 3 is 2.18 bits per heavy atom. The molecule has 0 atom stereocenters. The van der Waals surface area contributed by atoms with E-state index in [9.17, 15) is 13.2 Å². The number of hydrogen-bond donors (Lipinski definition) is 1. The largest absolute Gasteiger partial charge is 0.508 e. The Labute approximate surface area is 94.3 Å². The summed E-state index contributed by atoms with van der Waals surface area (Å²) < 4.78 is 38.3. The Bertz CT molecular complexity index is 531. The Balaban J connectivity index is 2.48. The highest BCUT2D eigenvalue weighted by atomic mass is 19.4. The highest BCUT2D eigenvalue weighted by molar-refractivity contribution is 5.56. The van der Waals surface area contributed by atoms with Gasteiger partial charge in [-0.25, -0.2) is 0 Å². The number of alkyl halides is 3. The molecule has 0 radical (unpaired) electrons. The van der Waals surface area contributed by atoms with Crippen molar-refractivity contribution < 1.29 is 18.3 Å². The minimum Gasteiger partial charge on any atom is -0.508 e. The van der Waals surface area contributed by atoms with Gasteiger partial charge in [0.15, 0.2) is 5.82 Å². The van der Waals surface area contributed by atoms with E-state index in [4.69, 9.17) is 5.11 Å². The van der Waals surface area contributed by atoms with E-state index in [2.05, 4.69) is 10.2 Å². The molecule has 2 aromatic rings. The number of aromatic nitrogens is 3. The number of phenolic OH excluding ortho intramolecular Hbond substituents is 1. The van der Waals surface area contributed by atoms with Crippen LogP contribution in [0.4, 0.5) is 13.2 Å². The van der Waals surface area contributed by atoms with Gasteiger partial charge in [0.2, 0.25) is 5.82 Å². The summed E-state index contributed by atoms with van der Waals surface area (Å²) in [6.07, 6.45) is -4.53. The second-order valence-corrected chi connectivity index (χ2v) is 3.45. The Hall–Kier alpha value is -2.05. The third-order valence-corrected chi connectivity index (χ3v) is 2.25. The Kier molecular flexibility index (Phi) is 2.53. The van der Waals surface area contributed by atoms with Crippen molar-refractivity contribution in [2.24, 2.45) is 7.05 Å². The van der Waals surface area contributed by atoms with Gasteiger partial charge in [0.25, 0.3) is 0 Å². The van der Waals surface area contributed by atoms with Crippen molar-refractivity contribution in [3.8, 4) is 17.1 Å². The lowest BCUT2D eigenvalue weighted by Crippen LogP contribution is -2.13. The Morgan fingerprint density at radius 1 is 1.12 bits per heavy atom. The lowest BCUT2D eigenvalue weighted by molar-refractivity contribution is -0.146. The van der Waals surface area contributed by atoms with Crippen LogP contribution in [-0.4, -0.2) is 19.9 Å². The molecule has 90 valence electrons. The molecular formula is C10H8F3N3O. The van der Waals surface area contributed by atoms with E-state index in [0.29, 0.717) is 5.56 Å². The maximum Gasteiger partial charge on any atom is 0.451 e. The van der Waals surface area contributed by atoms with Crippen LogP contribution < -0.4 is 0 Å². The molecule has 2 rings (SSSR count). The lowest BCUT2D eigenvalue weighted by atomic mass is 10.2. The third kappa shape index (κ3) is 2.08. The van der Waals surface area contributed by atoms with Crippen LogP contribution in [0.1, 0.15) is 5.82 Å². The Morgan fingerprint density at radius 2 is 1.71 bits per heavy atom. The molecular weight excluding hydrogens is 235 g/mol. The predicted molar refractivity (Wildman–Crippen MR) is 53.1 cm³/mol. The fourth-order valence-electron chi connectivity index (χ4n) is 1.44. The van der Waals surface area contributed by atoms with Crippen molar-refractivity contribution >= 4 is 0 Å². The molecule has 0 amide bonds. The monoisotopic (exact) mass is 243 g/mol. The van der Waals surface area contributed by atoms with Crippen LogP contribution in [0.15, 0.2) is 24.3 Å². The molecule has 0 saturated heterocycles. The number of aromatic hydroxyl groups is 1. The first-order chi connectivity index (χ1) is 7.89. The van der Waals surface area contributed by atoms with Gasteiger partial charge in [0.05, 0.1) is 0 Å². The molecule has 0 unspecified atom stereocenters. The number of rotatable bonds is 1. The zero-order chi connectivity index (χ0) is 12.6. The molecule has 17 heavy (non-hydrogen) atoms. The maximum absolute atomic E-state index is 12.5. The average molecular weight is 243 g/mol. The number of halogens is 3. The van der Waals surface area contributed by atoms with Gasteiger partial charge in [-0.05, 0) is 24.3 Å². The van der Waals surface area contributed by atoms with E-state index in [0.717, 1.165) is 4.57 Å². The summed E-state index contributed by atoms with van der Waals surface area (Å²) in [6, 6.07) is 5.69. The van der Waals surface area contributed by atoms with Gasteiger partial charge in [0.1, 0.15) is 5.75 Å². The summed E-state index contributed by atoms with van der Waals surface area (Å²) >= 11 is 0. The zero-order valence-electron chi connectivity index (χ0n) is 8.73. The van der Waals surface area contributed by atoms with E-state index in [1.54, 1.807) is 0 Å². The minimum atomic E-state index is -4.53. The van der Waals surface area contributed by atoms with E-state index in [1.807, 2.05) is 0 Å². The van der Waals surface area contributed by atoms with Crippen molar-refractivity contribution in [3.63, 3.8) is 0 Å². The highest BCUT2D eigenvalue weighted by Crippen LogP contribution is 2.30. The van der Waals surface area contributed by atoms with Crippen molar-refractivity contribution in [2.45, 2.75) is 6.18 Å². The summed E-state index contributed by atoms with van der Waals surface area (Å²) in [5.74, 6) is -0.926. The molecule has 7 heteroatoms. The standard InChI is InChI=1S/C10H8F3N3O/c1-16-8(6-2-4-7(17)5-3-6)14-15-9(16)10(11,12)13/h2-5,17H,1H3. The van der Waals surface area contributed by atoms with Crippen LogP contribution in [-0.2, 0) is 13.2 Å². The van der Waals surface area contributed by atoms with Gasteiger partial charge in [-0.2, -0.15) is 13.2 Å². The van der Waals surface area contributed by atoms with Gasteiger partial charge < -0.3 is 9.67 Å². The molecule has 1 heterocycles. The van der Waals surface area contributed by atoms with Crippen molar-refractivity contribution in [3.05, 3.63) is 30.1 Å². The van der Waals surface area contributed by atoms with Crippen LogP contribution in [0.2, 0.25) is 0 Å². The summed E-state index contributed by atoms with van der Waals surface area (Å²) in [7, 11) is 1.24. The van der Waals surface area contributed by atoms with E-state index < -0.39 is 12.0 Å². The predicted octanol–water partition coefficient (Wildman–Crippen LogP) is 2.21. The topological polar surface area (TPSA) is 50.9 Å². The minimum absolute atomic E-state index is 0.0342. The molecule has 0 aliphatic rings. The van der Waals surface area contributed by atoms with Gasteiger partial charge in [-0.3, -0.25) is 0 Å². The quantitative estimate of drug-likeness (QED) is 0.835. The molecule has 4 nitrogen and oxygen atoms in total. The van der Waals surface area contributed by atoms with E-state index in [-0.39, 0.29) is 11.6 Å². The van der Waals surface area contributed by atoms with Gasteiger partial charge in [0, 0.05) is 12.6 Å². The smallest absolute Gasteiger partial charge is 0.451 e. The van der Waals surface area contributed by atoms with Crippen molar-refractivity contribution in [2.75, 3.05) is 0 Å². The van der Waals surface area contributed by atoms with E-state index in [1.165, 1.54) is 31.3 Å². The summed E-state index contributed by atoms with van der Waals surface area (Å²) in [5, 5.41) is 15.7. The molecule has 0 spiro atoms. The van der Waals surface area contributed by atoms with Gasteiger partial charge in [-0.15, -0.1) is 10.2 Å². The van der Waals surface area contributed by atoms with Crippen molar-refractivity contribution in [1.82, 2.24) is 14.8 Å². The number of benzene rings is 1.